The summed E-state index contributed by atoms with van der Waals surface area (Å²) in [5.74, 6) is 0.0780. The van der Waals surface area contributed by atoms with Crippen LogP contribution >= 0.6 is 0 Å². The third-order valence-electron chi connectivity index (χ3n) is 6.02. The third kappa shape index (κ3) is 4.94. The minimum Gasteiger partial charge on any atom is -0.479 e. The van der Waals surface area contributed by atoms with Gasteiger partial charge in [-0.2, -0.15) is 4.31 Å². The maximum absolute atomic E-state index is 12.8. The number of benzene rings is 2. The minimum atomic E-state index is -3.53. The fourth-order valence-corrected chi connectivity index (χ4v) is 5.59. The highest BCUT2D eigenvalue weighted by molar-refractivity contribution is 7.89. The van der Waals surface area contributed by atoms with Gasteiger partial charge in [0.05, 0.1) is 10.6 Å². The van der Waals surface area contributed by atoms with E-state index in [0.29, 0.717) is 48.9 Å². The normalized spacial score (nSPS) is 18.6. The SMILES string of the molecule is CC1Oc2ccc(NC(=O)c3ccc(S(=O)(=O)N4CCCC4)cc3)cc2N(CCN(C)C)C1=O. The lowest BCUT2D eigenvalue weighted by atomic mass is 10.1. The summed E-state index contributed by atoms with van der Waals surface area (Å²) in [6, 6.07) is 11.1. The molecule has 182 valence electrons. The molecule has 0 aromatic heterocycles. The molecule has 2 heterocycles. The lowest BCUT2D eigenvalue weighted by molar-refractivity contribution is -0.125. The van der Waals surface area contributed by atoms with E-state index in [-0.39, 0.29) is 16.7 Å². The molecule has 2 amide bonds. The van der Waals surface area contributed by atoms with Gasteiger partial charge < -0.3 is 19.9 Å². The molecular formula is C24H30N4O5S. The van der Waals surface area contributed by atoms with E-state index in [0.717, 1.165) is 12.8 Å². The predicted molar refractivity (Wildman–Crippen MR) is 130 cm³/mol. The lowest BCUT2D eigenvalue weighted by Gasteiger charge is -2.34. The Bertz CT molecular complexity index is 1170. The van der Waals surface area contributed by atoms with E-state index in [1.165, 1.54) is 28.6 Å². The first kappa shape index (κ1) is 24.2. The molecule has 4 rings (SSSR count). The Hall–Kier alpha value is -2.95. The Morgan fingerprint density at radius 2 is 1.79 bits per heavy atom. The highest BCUT2D eigenvalue weighted by atomic mass is 32.2. The van der Waals surface area contributed by atoms with Crippen LogP contribution in [0.1, 0.15) is 30.1 Å². The second-order valence-electron chi connectivity index (χ2n) is 8.83. The van der Waals surface area contributed by atoms with Gasteiger partial charge in [0.2, 0.25) is 10.0 Å². The molecule has 2 aromatic carbocycles. The van der Waals surface area contributed by atoms with Crippen LogP contribution < -0.4 is 15.0 Å². The van der Waals surface area contributed by atoms with Gasteiger partial charge in [-0.25, -0.2) is 8.42 Å². The van der Waals surface area contributed by atoms with E-state index in [9.17, 15) is 18.0 Å². The monoisotopic (exact) mass is 486 g/mol. The Kier molecular flexibility index (Phi) is 6.92. The number of hydrogen-bond acceptors (Lipinski definition) is 6. The van der Waals surface area contributed by atoms with Crippen LogP contribution in [-0.4, -0.2) is 75.8 Å². The summed E-state index contributed by atoms with van der Waals surface area (Å²) in [4.78, 5) is 29.4. The van der Waals surface area contributed by atoms with Crippen molar-refractivity contribution in [2.45, 2.75) is 30.8 Å². The molecule has 2 aliphatic rings. The maximum Gasteiger partial charge on any atom is 0.267 e. The molecule has 0 aliphatic carbocycles. The highest BCUT2D eigenvalue weighted by Crippen LogP contribution is 2.36. The second-order valence-corrected chi connectivity index (χ2v) is 10.8. The molecule has 0 spiro atoms. The Morgan fingerprint density at radius 3 is 2.44 bits per heavy atom. The topological polar surface area (TPSA) is 99.3 Å². The Morgan fingerprint density at radius 1 is 1.12 bits per heavy atom. The van der Waals surface area contributed by atoms with Crippen molar-refractivity contribution in [1.29, 1.82) is 0 Å². The third-order valence-corrected chi connectivity index (χ3v) is 7.93. The molecule has 1 saturated heterocycles. The van der Waals surface area contributed by atoms with Crippen molar-refractivity contribution in [3.63, 3.8) is 0 Å². The number of rotatable bonds is 7. The lowest BCUT2D eigenvalue weighted by Crippen LogP contribution is -2.46. The number of nitrogens with zero attached hydrogens (tertiary/aromatic N) is 3. The van der Waals surface area contributed by atoms with Gasteiger partial charge in [-0.3, -0.25) is 9.59 Å². The predicted octanol–water partition coefficient (Wildman–Crippen LogP) is 2.40. The van der Waals surface area contributed by atoms with E-state index in [2.05, 4.69) is 5.32 Å². The summed E-state index contributed by atoms with van der Waals surface area (Å²) in [6.45, 7) is 3.95. The number of nitrogens with one attached hydrogen (secondary N) is 1. The number of hydrogen-bond donors (Lipinski definition) is 1. The first-order valence-electron chi connectivity index (χ1n) is 11.4. The van der Waals surface area contributed by atoms with E-state index in [1.54, 1.807) is 30.0 Å². The van der Waals surface area contributed by atoms with Crippen molar-refractivity contribution < 1.29 is 22.7 Å². The van der Waals surface area contributed by atoms with Crippen LogP contribution in [-0.2, 0) is 14.8 Å². The molecule has 2 aliphatic heterocycles. The smallest absolute Gasteiger partial charge is 0.267 e. The van der Waals surface area contributed by atoms with Crippen LogP contribution in [0.4, 0.5) is 11.4 Å². The van der Waals surface area contributed by atoms with Crippen molar-refractivity contribution in [3.8, 4) is 5.75 Å². The fraction of sp³-hybridized carbons (Fsp3) is 0.417. The first-order chi connectivity index (χ1) is 16.2. The van der Waals surface area contributed by atoms with Crippen molar-refractivity contribution in [2.75, 3.05) is 50.5 Å². The number of amides is 2. The summed E-state index contributed by atoms with van der Waals surface area (Å²) >= 11 is 0. The van der Waals surface area contributed by atoms with E-state index < -0.39 is 16.1 Å². The van der Waals surface area contributed by atoms with Crippen molar-refractivity contribution in [1.82, 2.24) is 9.21 Å². The maximum atomic E-state index is 12.8. The largest absolute Gasteiger partial charge is 0.479 e. The number of carbonyl (C=O) groups excluding carboxylic acids is 2. The van der Waals surface area contributed by atoms with Crippen LogP contribution in [0.5, 0.6) is 5.75 Å². The number of fused-ring (bicyclic) bond motifs is 1. The zero-order valence-corrected chi connectivity index (χ0v) is 20.5. The van der Waals surface area contributed by atoms with Crippen molar-refractivity contribution >= 4 is 33.2 Å². The van der Waals surface area contributed by atoms with Gasteiger partial charge >= 0.3 is 0 Å². The van der Waals surface area contributed by atoms with Gasteiger partial charge in [0.1, 0.15) is 5.75 Å². The average Bonchev–Trinajstić information content (AvgIpc) is 3.36. The summed E-state index contributed by atoms with van der Waals surface area (Å²) in [6.07, 6.45) is 1.15. The van der Waals surface area contributed by atoms with E-state index in [1.807, 2.05) is 19.0 Å². The van der Waals surface area contributed by atoms with Crippen LogP contribution in [0.15, 0.2) is 47.4 Å². The second kappa shape index (κ2) is 9.73. The Balaban J connectivity index is 1.51. The molecule has 10 heteroatoms. The molecule has 0 saturated carbocycles. The van der Waals surface area contributed by atoms with Crippen LogP contribution in [0.3, 0.4) is 0 Å². The Labute approximate surface area is 200 Å². The zero-order chi connectivity index (χ0) is 24.5. The standard InChI is InChI=1S/C24H30N4O5S/c1-17-24(30)28(15-14-26(2)3)21-16-19(8-11-22(21)33-17)25-23(29)18-6-9-20(10-7-18)34(31,32)27-12-4-5-13-27/h6-11,16-17H,4-5,12-15H2,1-3H3,(H,25,29). The van der Waals surface area contributed by atoms with Gasteiger partial charge in [-0.1, -0.05) is 0 Å². The van der Waals surface area contributed by atoms with Crippen molar-refractivity contribution in [2.24, 2.45) is 0 Å². The molecule has 1 atom stereocenters. The highest BCUT2D eigenvalue weighted by Gasteiger charge is 2.32. The first-order valence-corrected chi connectivity index (χ1v) is 12.8. The number of sulfonamides is 1. The van der Waals surface area contributed by atoms with Gasteiger partial charge in [-0.05, 0) is 76.3 Å². The number of carbonyl (C=O) groups is 2. The van der Waals surface area contributed by atoms with Crippen LogP contribution in [0.25, 0.3) is 0 Å². The molecular weight excluding hydrogens is 456 g/mol. The molecule has 34 heavy (non-hydrogen) atoms. The van der Waals surface area contributed by atoms with Gasteiger partial charge in [0, 0.05) is 37.4 Å². The van der Waals surface area contributed by atoms with E-state index >= 15 is 0 Å². The quantitative estimate of drug-likeness (QED) is 0.645. The molecule has 0 bridgehead atoms. The molecule has 9 nitrogen and oxygen atoms in total. The van der Waals surface area contributed by atoms with Gasteiger partial charge in [-0.15, -0.1) is 0 Å². The van der Waals surface area contributed by atoms with Crippen LogP contribution in [0.2, 0.25) is 0 Å². The number of likely N-dealkylation sites (N-methyl/N-ethyl adjacent to an activating group) is 1. The van der Waals surface area contributed by atoms with Crippen LogP contribution in [0, 0.1) is 0 Å². The molecule has 2 aromatic rings. The van der Waals surface area contributed by atoms with Gasteiger partial charge in [0.15, 0.2) is 6.10 Å². The summed E-state index contributed by atoms with van der Waals surface area (Å²) in [5, 5.41) is 2.83. The number of anilines is 2. The minimum absolute atomic E-state index is 0.132. The van der Waals surface area contributed by atoms with Crippen molar-refractivity contribution in [3.05, 3.63) is 48.0 Å². The molecule has 1 unspecified atom stereocenters. The summed E-state index contributed by atoms with van der Waals surface area (Å²) in [5.41, 5.74) is 1.46. The summed E-state index contributed by atoms with van der Waals surface area (Å²) in [7, 11) is 0.345. The fourth-order valence-electron chi connectivity index (χ4n) is 4.07. The average molecular weight is 487 g/mol. The summed E-state index contributed by atoms with van der Waals surface area (Å²) < 4.78 is 32.6. The molecule has 1 fully saturated rings. The van der Waals surface area contributed by atoms with Gasteiger partial charge in [0.25, 0.3) is 11.8 Å². The molecule has 1 N–H and O–H groups in total. The molecule has 0 radical (unpaired) electrons. The zero-order valence-electron chi connectivity index (χ0n) is 19.7. The van der Waals surface area contributed by atoms with E-state index in [4.69, 9.17) is 4.74 Å². The number of ether oxygens (including phenoxy) is 1.